The summed E-state index contributed by atoms with van der Waals surface area (Å²) in [5.74, 6) is 0.940. The number of para-hydroxylation sites is 1. The Bertz CT molecular complexity index is 1730. The molecule has 0 aliphatic heterocycles. The van der Waals surface area contributed by atoms with Crippen molar-refractivity contribution in [3.63, 3.8) is 0 Å². The Morgan fingerprint density at radius 3 is 2.58 bits per heavy atom. The van der Waals surface area contributed by atoms with E-state index in [0.717, 1.165) is 27.5 Å². The summed E-state index contributed by atoms with van der Waals surface area (Å²) < 4.78 is 8.22. The Balaban J connectivity index is 1.47. The largest absolute Gasteiger partial charge is 0.442 e. The molecule has 0 radical (unpaired) electrons. The molecule has 0 bridgehead atoms. The van der Waals surface area contributed by atoms with Gasteiger partial charge in [0.25, 0.3) is 0 Å². The molecule has 0 fully saturated rings. The van der Waals surface area contributed by atoms with E-state index in [0.29, 0.717) is 22.8 Å². The summed E-state index contributed by atoms with van der Waals surface area (Å²) in [7, 11) is 1.71. The van der Waals surface area contributed by atoms with Gasteiger partial charge >= 0.3 is 6.09 Å². The maximum atomic E-state index is 12.6. The molecule has 3 aromatic carbocycles. The van der Waals surface area contributed by atoms with Crippen LogP contribution in [0.4, 0.5) is 22.0 Å². The summed E-state index contributed by atoms with van der Waals surface area (Å²) in [6, 6.07) is 20.7. The zero-order valence-corrected chi connectivity index (χ0v) is 23.4. The van der Waals surface area contributed by atoms with Crippen molar-refractivity contribution >= 4 is 63.8 Å². The lowest BCUT2D eigenvalue weighted by molar-refractivity contribution is -0.116. The van der Waals surface area contributed by atoms with E-state index in [2.05, 4.69) is 28.5 Å². The number of hydrogen-bond donors (Lipinski definition) is 3. The summed E-state index contributed by atoms with van der Waals surface area (Å²) >= 11 is 4.13. The minimum atomic E-state index is -0.628. The van der Waals surface area contributed by atoms with Crippen LogP contribution in [-0.4, -0.2) is 55.2 Å². The minimum absolute atomic E-state index is 0.148. The molecule has 0 spiro atoms. The van der Waals surface area contributed by atoms with Gasteiger partial charge in [-0.3, -0.25) is 4.79 Å². The van der Waals surface area contributed by atoms with Crippen molar-refractivity contribution in [1.82, 2.24) is 24.1 Å². The molecule has 2 N–H and O–H groups in total. The van der Waals surface area contributed by atoms with Gasteiger partial charge in [0.15, 0.2) is 5.82 Å². The van der Waals surface area contributed by atoms with Crippen LogP contribution in [0.1, 0.15) is 20.8 Å². The van der Waals surface area contributed by atoms with Crippen LogP contribution in [0.15, 0.2) is 72.9 Å². The highest BCUT2D eigenvalue weighted by Crippen LogP contribution is 2.30. The Morgan fingerprint density at radius 2 is 1.80 bits per heavy atom. The van der Waals surface area contributed by atoms with Crippen LogP contribution >= 0.6 is 12.8 Å². The van der Waals surface area contributed by atoms with Gasteiger partial charge in [0.1, 0.15) is 11.4 Å². The second kappa shape index (κ2) is 10.9. The number of carbonyl (C=O) groups excluding carboxylic acids is 2. The van der Waals surface area contributed by atoms with Crippen LogP contribution < -0.4 is 10.6 Å². The van der Waals surface area contributed by atoms with Gasteiger partial charge in [-0.25, -0.2) is 19.1 Å². The number of likely N-dealkylation sites (N-methyl/N-ethyl adjacent to an activating group) is 1. The summed E-state index contributed by atoms with van der Waals surface area (Å²) in [6.45, 7) is 5.59. The number of hydrogen-bond acceptors (Lipinski definition) is 9. The van der Waals surface area contributed by atoms with Crippen molar-refractivity contribution in [3.8, 4) is 11.4 Å². The molecular weight excluding hydrogens is 526 g/mol. The zero-order chi connectivity index (χ0) is 28.4. The van der Waals surface area contributed by atoms with E-state index < -0.39 is 11.7 Å². The van der Waals surface area contributed by atoms with Crippen molar-refractivity contribution in [1.29, 1.82) is 0 Å². The van der Waals surface area contributed by atoms with Gasteiger partial charge in [0.05, 0.1) is 23.8 Å². The highest BCUT2D eigenvalue weighted by Gasteiger charge is 2.20. The van der Waals surface area contributed by atoms with Gasteiger partial charge in [-0.1, -0.05) is 37.1 Å². The number of rotatable bonds is 6. The minimum Gasteiger partial charge on any atom is -0.442 e. The Morgan fingerprint density at radius 1 is 1.00 bits per heavy atom. The number of nitrogens with zero attached hydrogens (tertiary/aromatic N) is 5. The Kier molecular flexibility index (Phi) is 7.42. The van der Waals surface area contributed by atoms with Gasteiger partial charge in [-0.2, -0.15) is 9.78 Å². The lowest BCUT2D eigenvalue weighted by Crippen LogP contribution is -2.27. The predicted molar refractivity (Wildman–Crippen MR) is 160 cm³/mol. The number of ether oxygens (including phenoxy) is 1. The molecule has 1 amide bonds. The number of carbonyl (C=O) groups is 2. The fraction of sp³-hybridized carbons (Fsp3) is 0.207. The van der Waals surface area contributed by atoms with Crippen molar-refractivity contribution in [3.05, 3.63) is 72.9 Å². The summed E-state index contributed by atoms with van der Waals surface area (Å²) in [4.78, 5) is 34.4. The van der Waals surface area contributed by atoms with Gasteiger partial charge in [0.2, 0.25) is 5.91 Å². The van der Waals surface area contributed by atoms with Crippen LogP contribution in [0.5, 0.6) is 0 Å². The molecule has 5 aromatic rings. The summed E-state index contributed by atoms with van der Waals surface area (Å²) in [5, 5.41) is 12.1. The summed E-state index contributed by atoms with van der Waals surface area (Å²) in [5.41, 5.74) is 2.92. The first kappa shape index (κ1) is 27.1. The van der Waals surface area contributed by atoms with Crippen molar-refractivity contribution in [2.24, 2.45) is 0 Å². The summed E-state index contributed by atoms with van der Waals surface area (Å²) in [6.07, 6.45) is 1.09. The maximum absolute atomic E-state index is 12.6. The number of anilines is 3. The zero-order valence-electron chi connectivity index (χ0n) is 22.5. The van der Waals surface area contributed by atoms with Gasteiger partial charge in [-0.15, -0.1) is 0 Å². The normalized spacial score (nSPS) is 11.7. The lowest BCUT2D eigenvalue weighted by atomic mass is 10.1. The third-order valence-electron chi connectivity index (χ3n) is 5.78. The molecule has 11 heteroatoms. The number of thiol groups is 1. The van der Waals surface area contributed by atoms with E-state index in [1.54, 1.807) is 13.2 Å². The predicted octanol–water partition coefficient (Wildman–Crippen LogP) is 5.89. The number of fused-ring (bicyclic) bond motifs is 2. The highest BCUT2D eigenvalue weighted by molar-refractivity contribution is 7.77. The average Bonchev–Trinajstić information content (AvgIpc) is 3.31. The highest BCUT2D eigenvalue weighted by atomic mass is 32.1. The number of amides is 1. The van der Waals surface area contributed by atoms with Gasteiger partial charge < -0.3 is 15.4 Å². The van der Waals surface area contributed by atoms with E-state index in [-0.39, 0.29) is 12.5 Å². The first-order valence-corrected chi connectivity index (χ1v) is 13.0. The molecule has 5 rings (SSSR count). The fourth-order valence-electron chi connectivity index (χ4n) is 4.14. The third-order valence-corrected chi connectivity index (χ3v) is 5.92. The molecule has 0 aliphatic carbocycles. The van der Waals surface area contributed by atoms with E-state index >= 15 is 0 Å². The molecule has 10 nitrogen and oxygen atoms in total. The van der Waals surface area contributed by atoms with E-state index in [4.69, 9.17) is 14.7 Å². The van der Waals surface area contributed by atoms with E-state index in [1.807, 2.05) is 87.5 Å². The topological polar surface area (TPSA) is 114 Å². The SMILES string of the molecule is CN(S)CC(=O)Nc1cccc(-c2nc(Nc3ccc4c(cnn4C(=O)OC(C)(C)C)c3)c3ccccc3n2)c1. The first-order chi connectivity index (χ1) is 19.1. The van der Waals surface area contributed by atoms with Gasteiger partial charge in [-0.05, 0) is 70.3 Å². The van der Waals surface area contributed by atoms with Crippen LogP contribution in [0.3, 0.4) is 0 Å². The van der Waals surface area contributed by atoms with Crippen molar-refractivity contribution in [2.45, 2.75) is 26.4 Å². The monoisotopic (exact) mass is 555 g/mol. The van der Waals surface area contributed by atoms with Crippen molar-refractivity contribution < 1.29 is 14.3 Å². The van der Waals surface area contributed by atoms with E-state index in [1.165, 1.54) is 8.99 Å². The smallest absolute Gasteiger partial charge is 0.435 e. The number of benzene rings is 3. The third kappa shape index (κ3) is 6.22. The molecule has 0 saturated carbocycles. The number of nitrogens with one attached hydrogen (secondary N) is 2. The first-order valence-electron chi connectivity index (χ1n) is 12.6. The van der Waals surface area contributed by atoms with Crippen LogP contribution in [0, 0.1) is 0 Å². The average molecular weight is 556 g/mol. The van der Waals surface area contributed by atoms with Crippen molar-refractivity contribution in [2.75, 3.05) is 24.2 Å². The quantitative estimate of drug-likeness (QED) is 0.222. The Labute approximate surface area is 236 Å². The number of aromatic nitrogens is 4. The van der Waals surface area contributed by atoms with Crippen LogP contribution in [-0.2, 0) is 9.53 Å². The molecule has 0 unspecified atom stereocenters. The van der Waals surface area contributed by atoms with Gasteiger partial charge in [0, 0.05) is 27.7 Å². The van der Waals surface area contributed by atoms with Crippen LogP contribution in [0.2, 0.25) is 0 Å². The fourth-order valence-corrected chi connectivity index (χ4v) is 4.27. The second-order valence-electron chi connectivity index (χ2n) is 10.3. The lowest BCUT2D eigenvalue weighted by Gasteiger charge is -2.19. The molecule has 40 heavy (non-hydrogen) atoms. The van der Waals surface area contributed by atoms with Crippen LogP contribution in [0.25, 0.3) is 33.2 Å². The maximum Gasteiger partial charge on any atom is 0.435 e. The molecule has 2 heterocycles. The molecule has 0 saturated heterocycles. The van der Waals surface area contributed by atoms with E-state index in [9.17, 15) is 9.59 Å². The molecule has 0 atom stereocenters. The second-order valence-corrected chi connectivity index (χ2v) is 11.0. The molecule has 0 aliphatic rings. The molecule has 2 aromatic heterocycles. The standard InChI is InChI=1S/C29H29N7O3S/c1-29(2,3)39-28(38)36-24-13-12-21(15-19(24)16-30-36)32-27-22-10-5-6-11-23(22)33-26(34-27)18-8-7-9-20(14-18)31-25(37)17-35(4)40/h5-16,40H,17H2,1-4H3,(H,31,37)(H,32,33,34). The Hall–Kier alpha value is -4.48. The molecular formula is C29H29N7O3S. The molecule has 204 valence electrons.